The summed E-state index contributed by atoms with van der Waals surface area (Å²) in [5.41, 5.74) is 2.08. The van der Waals surface area contributed by atoms with Gasteiger partial charge in [-0.2, -0.15) is 0 Å². The first kappa shape index (κ1) is 12.4. The molecule has 2 aromatic carbocycles. The topological polar surface area (TPSA) is 12.9 Å². The van der Waals surface area contributed by atoms with E-state index in [-0.39, 0.29) is 5.41 Å². The lowest BCUT2D eigenvalue weighted by atomic mass is 9.87. The standard InChI is InChI=1S/C17H16ClN/c1-17(2,3)14-10-12-9-8-11-6-4-5-7-13(11)15(12)19-16(14)18/h4-10H,1-3H3. The van der Waals surface area contributed by atoms with Crippen LogP contribution in [0.25, 0.3) is 21.7 Å². The maximum absolute atomic E-state index is 6.38. The second-order valence-corrected chi connectivity index (χ2v) is 6.29. The first-order valence-corrected chi connectivity index (χ1v) is 6.83. The van der Waals surface area contributed by atoms with E-state index in [4.69, 9.17) is 11.6 Å². The van der Waals surface area contributed by atoms with Crippen molar-refractivity contribution in [2.45, 2.75) is 26.2 Å². The average molecular weight is 270 g/mol. The normalized spacial score (nSPS) is 12.2. The van der Waals surface area contributed by atoms with Gasteiger partial charge in [0.05, 0.1) is 5.52 Å². The van der Waals surface area contributed by atoms with Crippen molar-refractivity contribution in [2.24, 2.45) is 0 Å². The highest BCUT2D eigenvalue weighted by molar-refractivity contribution is 6.31. The van der Waals surface area contributed by atoms with E-state index in [1.807, 2.05) is 12.1 Å². The zero-order chi connectivity index (χ0) is 13.6. The summed E-state index contributed by atoms with van der Waals surface area (Å²) in [7, 11) is 0. The molecule has 0 saturated carbocycles. The molecule has 0 radical (unpaired) electrons. The van der Waals surface area contributed by atoms with Gasteiger partial charge in [-0.05, 0) is 22.4 Å². The molecule has 0 aliphatic heterocycles. The van der Waals surface area contributed by atoms with E-state index in [0.717, 1.165) is 21.9 Å². The summed E-state index contributed by atoms with van der Waals surface area (Å²) in [5, 5.41) is 4.11. The SMILES string of the molecule is CC(C)(C)c1cc2ccc3ccccc3c2nc1Cl. The van der Waals surface area contributed by atoms with Crippen LogP contribution >= 0.6 is 11.6 Å². The zero-order valence-electron chi connectivity index (χ0n) is 11.4. The van der Waals surface area contributed by atoms with E-state index in [2.05, 4.69) is 56.1 Å². The lowest BCUT2D eigenvalue weighted by Crippen LogP contribution is -2.12. The molecule has 0 unspecified atom stereocenters. The Morgan fingerprint density at radius 1 is 0.947 bits per heavy atom. The Balaban J connectivity index is 2.41. The van der Waals surface area contributed by atoms with Gasteiger partial charge >= 0.3 is 0 Å². The smallest absolute Gasteiger partial charge is 0.133 e. The molecule has 1 aromatic heterocycles. The number of rotatable bonds is 0. The first-order valence-electron chi connectivity index (χ1n) is 6.45. The minimum atomic E-state index is 0.00389. The van der Waals surface area contributed by atoms with Crippen molar-refractivity contribution in [2.75, 3.05) is 0 Å². The minimum absolute atomic E-state index is 0.00389. The van der Waals surface area contributed by atoms with E-state index in [0.29, 0.717) is 5.15 Å². The lowest BCUT2D eigenvalue weighted by Gasteiger charge is -2.20. The van der Waals surface area contributed by atoms with Crippen LogP contribution < -0.4 is 0 Å². The molecule has 0 aliphatic rings. The molecular weight excluding hydrogens is 254 g/mol. The monoisotopic (exact) mass is 269 g/mol. The van der Waals surface area contributed by atoms with Gasteiger partial charge in [0.25, 0.3) is 0 Å². The second kappa shape index (κ2) is 4.21. The minimum Gasteiger partial charge on any atom is -0.235 e. The maximum atomic E-state index is 6.38. The van der Waals surface area contributed by atoms with Crippen LogP contribution in [-0.2, 0) is 5.41 Å². The molecule has 0 saturated heterocycles. The Kier molecular flexibility index (Phi) is 2.75. The number of hydrogen-bond donors (Lipinski definition) is 0. The van der Waals surface area contributed by atoms with Gasteiger partial charge in [0.15, 0.2) is 0 Å². The van der Waals surface area contributed by atoms with Crippen LogP contribution in [0.4, 0.5) is 0 Å². The van der Waals surface area contributed by atoms with Gasteiger partial charge in [0.2, 0.25) is 0 Å². The molecule has 0 atom stereocenters. The van der Waals surface area contributed by atoms with E-state index in [1.54, 1.807) is 0 Å². The largest absolute Gasteiger partial charge is 0.235 e. The number of nitrogens with zero attached hydrogens (tertiary/aromatic N) is 1. The van der Waals surface area contributed by atoms with E-state index in [1.165, 1.54) is 5.39 Å². The van der Waals surface area contributed by atoms with Crippen molar-refractivity contribution >= 4 is 33.3 Å². The molecule has 0 bridgehead atoms. The number of aromatic nitrogens is 1. The van der Waals surface area contributed by atoms with Crippen LogP contribution in [0, 0.1) is 0 Å². The third kappa shape index (κ3) is 2.08. The molecule has 0 aliphatic carbocycles. The summed E-state index contributed by atoms with van der Waals surface area (Å²) in [6.07, 6.45) is 0. The van der Waals surface area contributed by atoms with Gasteiger partial charge in [0, 0.05) is 10.8 Å². The lowest BCUT2D eigenvalue weighted by molar-refractivity contribution is 0.589. The fourth-order valence-electron chi connectivity index (χ4n) is 2.41. The summed E-state index contributed by atoms with van der Waals surface area (Å²) in [4.78, 5) is 4.64. The van der Waals surface area contributed by atoms with Crippen molar-refractivity contribution in [3.63, 3.8) is 0 Å². The van der Waals surface area contributed by atoms with Gasteiger partial charge in [0.1, 0.15) is 5.15 Å². The Morgan fingerprint density at radius 3 is 2.37 bits per heavy atom. The molecule has 3 rings (SSSR count). The Labute approximate surface area is 118 Å². The summed E-state index contributed by atoms with van der Waals surface area (Å²) in [6.45, 7) is 6.47. The number of fused-ring (bicyclic) bond motifs is 3. The van der Waals surface area contributed by atoms with Crippen molar-refractivity contribution in [3.05, 3.63) is 53.2 Å². The van der Waals surface area contributed by atoms with Crippen molar-refractivity contribution in [3.8, 4) is 0 Å². The molecule has 3 aromatic rings. The summed E-state index contributed by atoms with van der Waals surface area (Å²) < 4.78 is 0. The van der Waals surface area contributed by atoms with Crippen molar-refractivity contribution < 1.29 is 0 Å². The van der Waals surface area contributed by atoms with Gasteiger partial charge in [-0.3, -0.25) is 0 Å². The third-order valence-electron chi connectivity index (χ3n) is 3.47. The summed E-state index contributed by atoms with van der Waals surface area (Å²) >= 11 is 6.38. The van der Waals surface area contributed by atoms with Crippen LogP contribution in [0.3, 0.4) is 0 Å². The number of pyridine rings is 1. The maximum Gasteiger partial charge on any atom is 0.133 e. The predicted octanol–water partition coefficient (Wildman–Crippen LogP) is 5.34. The Hall–Kier alpha value is -1.60. The molecule has 96 valence electrons. The Bertz CT molecular complexity index is 769. The molecule has 1 nitrogen and oxygen atoms in total. The first-order chi connectivity index (χ1) is 8.97. The second-order valence-electron chi connectivity index (χ2n) is 5.94. The van der Waals surface area contributed by atoms with Crippen LogP contribution in [0.2, 0.25) is 5.15 Å². The molecule has 0 spiro atoms. The van der Waals surface area contributed by atoms with Gasteiger partial charge in [-0.25, -0.2) is 4.98 Å². The van der Waals surface area contributed by atoms with Gasteiger partial charge < -0.3 is 0 Å². The molecule has 1 heterocycles. The van der Waals surface area contributed by atoms with Crippen LogP contribution in [0.5, 0.6) is 0 Å². The van der Waals surface area contributed by atoms with Crippen molar-refractivity contribution in [1.29, 1.82) is 0 Å². The molecule has 0 amide bonds. The summed E-state index contributed by atoms with van der Waals surface area (Å²) in [6, 6.07) is 14.7. The predicted molar refractivity (Wildman–Crippen MR) is 83.0 cm³/mol. The van der Waals surface area contributed by atoms with E-state index in [9.17, 15) is 0 Å². The number of halogens is 1. The highest BCUT2D eigenvalue weighted by Gasteiger charge is 2.19. The Morgan fingerprint density at radius 2 is 1.63 bits per heavy atom. The molecule has 19 heavy (non-hydrogen) atoms. The number of benzene rings is 2. The van der Waals surface area contributed by atoms with Crippen molar-refractivity contribution in [1.82, 2.24) is 4.98 Å². The molecular formula is C17H16ClN. The van der Waals surface area contributed by atoms with Gasteiger partial charge in [-0.15, -0.1) is 0 Å². The van der Waals surface area contributed by atoms with Crippen LogP contribution in [0.15, 0.2) is 42.5 Å². The quantitative estimate of drug-likeness (QED) is 0.397. The number of hydrogen-bond acceptors (Lipinski definition) is 1. The van der Waals surface area contributed by atoms with Crippen LogP contribution in [-0.4, -0.2) is 4.98 Å². The summed E-state index contributed by atoms with van der Waals surface area (Å²) in [5.74, 6) is 0. The fraction of sp³-hybridized carbons (Fsp3) is 0.235. The van der Waals surface area contributed by atoms with E-state index < -0.39 is 0 Å². The highest BCUT2D eigenvalue weighted by atomic mass is 35.5. The fourth-order valence-corrected chi connectivity index (χ4v) is 2.84. The zero-order valence-corrected chi connectivity index (χ0v) is 12.1. The molecule has 0 fully saturated rings. The molecule has 2 heteroatoms. The highest BCUT2D eigenvalue weighted by Crippen LogP contribution is 2.33. The molecule has 0 N–H and O–H groups in total. The van der Waals surface area contributed by atoms with Crippen LogP contribution in [0.1, 0.15) is 26.3 Å². The third-order valence-corrected chi connectivity index (χ3v) is 3.76. The van der Waals surface area contributed by atoms with E-state index >= 15 is 0 Å². The average Bonchev–Trinajstić information content (AvgIpc) is 2.36. The van der Waals surface area contributed by atoms with Gasteiger partial charge in [-0.1, -0.05) is 68.8 Å².